The zero-order chi connectivity index (χ0) is 33.6. The average Bonchev–Trinajstić information content (AvgIpc) is 3.66. The minimum Gasteiger partial charge on any atom is -0.383 e. The standard InChI is InChI=1S/C38H45N5O5/c1-26-35(22-32(44)20-28-24-42(16-19-47-3)25-34(28)27-10-6-4-7-11-27)43(31-12-8-5-9-13-31)40-36(26)29-21-33(38(46)41(2)23-29)37(45)39-30-14-17-48-18-15-30/h4-13,21,23,28,30,34H,14-20,22,24-25H2,1-3H3,(H,39,45)/t28-,34+/m1/s1. The van der Waals surface area contributed by atoms with E-state index in [4.69, 9.17) is 14.6 Å². The van der Waals surface area contributed by atoms with Crippen LogP contribution < -0.4 is 10.9 Å². The first-order valence-electron chi connectivity index (χ1n) is 16.8. The molecule has 0 radical (unpaired) electrons. The Balaban J connectivity index is 1.30. The van der Waals surface area contributed by atoms with Gasteiger partial charge < -0.3 is 24.3 Å². The highest BCUT2D eigenvalue weighted by Crippen LogP contribution is 2.36. The van der Waals surface area contributed by atoms with E-state index < -0.39 is 5.91 Å². The second-order valence-corrected chi connectivity index (χ2v) is 13.0. The van der Waals surface area contributed by atoms with Crippen LogP contribution in [0.3, 0.4) is 0 Å². The molecule has 10 heteroatoms. The van der Waals surface area contributed by atoms with Crippen LogP contribution in [0, 0.1) is 12.8 Å². The number of pyridine rings is 1. The average molecular weight is 652 g/mol. The van der Waals surface area contributed by atoms with E-state index in [-0.39, 0.29) is 41.2 Å². The van der Waals surface area contributed by atoms with Crippen LogP contribution in [-0.2, 0) is 27.7 Å². The number of ketones is 1. The van der Waals surface area contributed by atoms with Gasteiger partial charge >= 0.3 is 0 Å². The maximum atomic E-state index is 14.0. The van der Waals surface area contributed by atoms with E-state index in [0.717, 1.165) is 36.6 Å². The van der Waals surface area contributed by atoms with Crippen molar-refractivity contribution < 1.29 is 19.1 Å². The molecule has 2 aliphatic rings. The molecule has 0 bridgehead atoms. The van der Waals surface area contributed by atoms with Gasteiger partial charge in [-0.05, 0) is 55.0 Å². The van der Waals surface area contributed by atoms with Crippen LogP contribution in [0.5, 0.6) is 0 Å². The van der Waals surface area contributed by atoms with E-state index in [1.165, 1.54) is 10.1 Å². The molecule has 0 aliphatic carbocycles. The van der Waals surface area contributed by atoms with Gasteiger partial charge in [0, 0.05) is 83.6 Å². The van der Waals surface area contributed by atoms with Crippen LogP contribution in [0.2, 0.25) is 0 Å². The normalized spacial score (nSPS) is 18.6. The van der Waals surface area contributed by atoms with Gasteiger partial charge in [-0.2, -0.15) is 5.10 Å². The molecular weight excluding hydrogens is 606 g/mol. The first kappa shape index (κ1) is 33.5. The van der Waals surface area contributed by atoms with E-state index in [9.17, 15) is 14.4 Å². The molecule has 10 nitrogen and oxygen atoms in total. The van der Waals surface area contributed by atoms with Crippen LogP contribution in [0.25, 0.3) is 16.9 Å². The fourth-order valence-corrected chi connectivity index (χ4v) is 7.10. The largest absolute Gasteiger partial charge is 0.383 e. The summed E-state index contributed by atoms with van der Waals surface area (Å²) >= 11 is 0. The van der Waals surface area contributed by atoms with Gasteiger partial charge in [0.05, 0.1) is 23.7 Å². The number of para-hydroxylation sites is 1. The number of aromatic nitrogens is 3. The van der Waals surface area contributed by atoms with E-state index in [2.05, 4.69) is 34.5 Å². The molecule has 6 rings (SSSR count). The molecule has 2 atom stereocenters. The highest BCUT2D eigenvalue weighted by Gasteiger charge is 2.35. The fraction of sp³-hybridized carbons (Fsp3) is 0.421. The number of hydrogen-bond donors (Lipinski definition) is 1. The molecule has 2 saturated heterocycles. The highest BCUT2D eigenvalue weighted by atomic mass is 16.5. The van der Waals surface area contributed by atoms with Gasteiger partial charge in [-0.1, -0.05) is 48.5 Å². The number of amides is 1. The molecule has 2 aliphatic heterocycles. The summed E-state index contributed by atoms with van der Waals surface area (Å²) in [4.78, 5) is 42.8. The van der Waals surface area contributed by atoms with Gasteiger partial charge in [-0.3, -0.25) is 14.4 Å². The molecule has 4 aromatic rings. The van der Waals surface area contributed by atoms with Crippen LogP contribution in [-0.4, -0.2) is 83.5 Å². The third-order valence-electron chi connectivity index (χ3n) is 9.71. The molecule has 2 fully saturated rings. The molecular formula is C38H45N5O5. The van der Waals surface area contributed by atoms with E-state index >= 15 is 0 Å². The lowest BCUT2D eigenvalue weighted by Crippen LogP contribution is -2.41. The van der Waals surface area contributed by atoms with Gasteiger partial charge in [0.1, 0.15) is 11.3 Å². The Morgan fingerprint density at radius 1 is 1.02 bits per heavy atom. The van der Waals surface area contributed by atoms with E-state index in [1.807, 2.05) is 48.0 Å². The maximum absolute atomic E-state index is 14.0. The number of rotatable bonds is 12. The molecule has 1 N–H and O–H groups in total. The summed E-state index contributed by atoms with van der Waals surface area (Å²) in [5, 5.41) is 8.03. The summed E-state index contributed by atoms with van der Waals surface area (Å²) in [7, 11) is 3.36. The zero-order valence-electron chi connectivity index (χ0n) is 28.1. The summed E-state index contributed by atoms with van der Waals surface area (Å²) < 4.78 is 14.0. The Bertz CT molecular complexity index is 1780. The minimum atomic E-state index is -0.399. The monoisotopic (exact) mass is 651 g/mol. The Kier molecular flexibility index (Phi) is 10.6. The summed E-state index contributed by atoms with van der Waals surface area (Å²) in [6.45, 7) is 6.36. The molecule has 0 spiro atoms. The van der Waals surface area contributed by atoms with E-state index in [1.54, 1.807) is 26.4 Å². The number of nitrogens with zero attached hydrogens (tertiary/aromatic N) is 4. The number of aryl methyl sites for hydroxylation is 1. The number of carbonyl (C=O) groups is 2. The van der Waals surface area contributed by atoms with Gasteiger partial charge in [0.15, 0.2) is 0 Å². The van der Waals surface area contributed by atoms with Crippen molar-refractivity contribution in [3.63, 3.8) is 0 Å². The number of benzene rings is 2. The number of methoxy groups -OCH3 is 1. The summed E-state index contributed by atoms with van der Waals surface area (Å²) in [5.41, 5.74) is 4.71. The molecule has 0 saturated carbocycles. The van der Waals surface area contributed by atoms with Gasteiger partial charge in [-0.25, -0.2) is 4.68 Å². The predicted molar refractivity (Wildman–Crippen MR) is 185 cm³/mol. The Hall–Kier alpha value is -4.38. The number of carbonyl (C=O) groups excluding carboxylic acids is 2. The lowest BCUT2D eigenvalue weighted by molar-refractivity contribution is -0.119. The number of hydrogen-bond acceptors (Lipinski definition) is 7. The summed E-state index contributed by atoms with van der Waals surface area (Å²) in [6, 6.07) is 21.8. The van der Waals surface area contributed by atoms with Crippen LogP contribution >= 0.6 is 0 Å². The van der Waals surface area contributed by atoms with Gasteiger partial charge in [0.2, 0.25) is 0 Å². The molecule has 2 aromatic heterocycles. The third kappa shape index (κ3) is 7.51. The number of Topliss-reactive ketones (excluding diaryl/α,β-unsaturated/α-hetero) is 1. The highest BCUT2D eigenvalue weighted by molar-refractivity contribution is 5.95. The lowest BCUT2D eigenvalue weighted by Gasteiger charge is -2.23. The molecule has 48 heavy (non-hydrogen) atoms. The molecule has 1 amide bonds. The molecule has 252 valence electrons. The predicted octanol–water partition coefficient (Wildman–Crippen LogP) is 4.32. The van der Waals surface area contributed by atoms with Gasteiger partial charge in [-0.15, -0.1) is 0 Å². The third-order valence-corrected chi connectivity index (χ3v) is 9.71. The van der Waals surface area contributed by atoms with Crippen molar-refractivity contribution in [2.45, 2.75) is 44.6 Å². The Morgan fingerprint density at radius 3 is 2.44 bits per heavy atom. The van der Waals surface area contributed by atoms with Crippen molar-refractivity contribution in [3.8, 4) is 16.9 Å². The summed E-state index contributed by atoms with van der Waals surface area (Å²) in [5.74, 6) is 0.200. The Morgan fingerprint density at radius 2 is 1.73 bits per heavy atom. The molecule has 4 heterocycles. The van der Waals surface area contributed by atoms with Crippen LogP contribution in [0.4, 0.5) is 0 Å². The van der Waals surface area contributed by atoms with Crippen LogP contribution in [0.1, 0.15) is 52.4 Å². The number of ether oxygens (including phenoxy) is 2. The number of nitrogens with one attached hydrogen (secondary N) is 1. The van der Waals surface area contributed by atoms with Crippen molar-refractivity contribution in [3.05, 3.63) is 106 Å². The van der Waals surface area contributed by atoms with E-state index in [0.29, 0.717) is 50.3 Å². The van der Waals surface area contributed by atoms with Gasteiger partial charge in [0.25, 0.3) is 11.5 Å². The van der Waals surface area contributed by atoms with Crippen molar-refractivity contribution in [1.29, 1.82) is 0 Å². The lowest BCUT2D eigenvalue weighted by atomic mass is 9.85. The first-order valence-corrected chi connectivity index (χ1v) is 16.8. The van der Waals surface area contributed by atoms with Crippen molar-refractivity contribution in [1.82, 2.24) is 24.6 Å². The topological polar surface area (TPSA) is 108 Å². The van der Waals surface area contributed by atoms with Crippen molar-refractivity contribution in [2.24, 2.45) is 13.0 Å². The maximum Gasteiger partial charge on any atom is 0.263 e. The second kappa shape index (κ2) is 15.2. The summed E-state index contributed by atoms with van der Waals surface area (Å²) in [6.07, 6.45) is 3.80. The SMILES string of the molecule is COCCN1C[C@@H](CC(=O)Cc2c(C)c(-c3cc(C(=O)NC4CCOCC4)c(=O)n(C)c3)nn2-c2ccccc2)[C@H](c2ccccc2)C1. The van der Waals surface area contributed by atoms with Crippen molar-refractivity contribution >= 4 is 11.7 Å². The minimum absolute atomic E-state index is 0.0373. The van der Waals surface area contributed by atoms with Crippen molar-refractivity contribution in [2.75, 3.05) is 46.6 Å². The molecule has 2 aromatic carbocycles. The first-order chi connectivity index (χ1) is 23.3. The zero-order valence-corrected chi connectivity index (χ0v) is 28.1. The molecule has 0 unspecified atom stereocenters. The second-order valence-electron chi connectivity index (χ2n) is 13.0. The van der Waals surface area contributed by atoms with Crippen LogP contribution in [0.15, 0.2) is 77.7 Å². The fourth-order valence-electron chi connectivity index (χ4n) is 7.10. The quantitative estimate of drug-likeness (QED) is 0.243. The smallest absolute Gasteiger partial charge is 0.263 e. The number of likely N-dealkylation sites (tertiary alicyclic amines) is 1. The Labute approximate surface area is 281 Å².